The fourth-order valence-corrected chi connectivity index (χ4v) is 3.55. The smallest absolute Gasteiger partial charge is 0.136 e. The van der Waals surface area contributed by atoms with Crippen LogP contribution in [0.1, 0.15) is 60.7 Å². The molecule has 6 heteroatoms. The molecular weight excluding hydrogens is 340 g/mol. The molecule has 1 atom stereocenters. The maximum absolute atomic E-state index is 9.81. The van der Waals surface area contributed by atoms with Crippen molar-refractivity contribution in [3.05, 3.63) is 46.8 Å². The molecule has 1 aliphatic carbocycles. The number of fused-ring (bicyclic) bond motifs is 1. The van der Waals surface area contributed by atoms with Crippen LogP contribution in [0.4, 0.5) is 11.6 Å². The van der Waals surface area contributed by atoms with E-state index in [2.05, 4.69) is 27.3 Å². The summed E-state index contributed by atoms with van der Waals surface area (Å²) < 4.78 is 0. The molecule has 0 spiro atoms. The monoisotopic (exact) mass is 368 g/mol. The molecule has 0 saturated heterocycles. The quantitative estimate of drug-likeness (QED) is 0.652. The first kappa shape index (κ1) is 18.2. The Kier molecular flexibility index (Phi) is 5.27. The van der Waals surface area contributed by atoms with Crippen LogP contribution in [0.25, 0.3) is 0 Å². The van der Waals surface area contributed by atoms with Crippen LogP contribution in [0, 0.1) is 0 Å². The van der Waals surface area contributed by atoms with Crippen molar-refractivity contribution in [2.24, 2.45) is 0 Å². The molecule has 2 heterocycles. The average molecular weight is 368 g/mol. The van der Waals surface area contributed by atoms with Crippen molar-refractivity contribution >= 4 is 11.6 Å². The molecular formula is C21H28N4O2. The van der Waals surface area contributed by atoms with Gasteiger partial charge in [0.2, 0.25) is 0 Å². The predicted molar refractivity (Wildman–Crippen MR) is 106 cm³/mol. The van der Waals surface area contributed by atoms with Crippen LogP contribution in [-0.4, -0.2) is 39.9 Å². The molecule has 6 nitrogen and oxygen atoms in total. The lowest BCUT2D eigenvalue weighted by Gasteiger charge is -2.30. The lowest BCUT2D eigenvalue weighted by Crippen LogP contribution is -2.31. The van der Waals surface area contributed by atoms with Crippen LogP contribution >= 0.6 is 0 Å². The Labute approximate surface area is 160 Å². The van der Waals surface area contributed by atoms with Crippen molar-refractivity contribution in [1.29, 1.82) is 0 Å². The minimum atomic E-state index is -0.427. The number of hydrogen-bond acceptors (Lipinski definition) is 6. The number of anilines is 2. The molecule has 3 N–H and O–H groups in total. The van der Waals surface area contributed by atoms with Gasteiger partial charge in [0.05, 0.1) is 6.10 Å². The van der Waals surface area contributed by atoms with E-state index in [1.54, 1.807) is 0 Å². The summed E-state index contributed by atoms with van der Waals surface area (Å²) in [7, 11) is 0. The number of nitrogens with zero attached hydrogens (tertiary/aromatic N) is 3. The number of hydrogen-bond donors (Lipinski definition) is 3. The van der Waals surface area contributed by atoms with Gasteiger partial charge in [-0.15, -0.1) is 0 Å². The van der Waals surface area contributed by atoms with Gasteiger partial charge in [-0.25, -0.2) is 9.97 Å². The summed E-state index contributed by atoms with van der Waals surface area (Å²) >= 11 is 0. The van der Waals surface area contributed by atoms with E-state index in [0.29, 0.717) is 18.9 Å². The standard InChI is InChI=1S/C21H28N4O2/c1-14(27)16-5-6-18-13-25(9-7-17(18)11-16)20-12-19(22-8-2-10-26)23-21(24-20)15-3-4-15/h5-6,11-12,14-15,26-27H,2-4,7-10,13H2,1H3,(H,22,23,24)/t14-/m0/s1. The largest absolute Gasteiger partial charge is 0.396 e. The van der Waals surface area contributed by atoms with E-state index in [9.17, 15) is 5.11 Å². The lowest BCUT2D eigenvalue weighted by molar-refractivity contribution is 0.199. The summed E-state index contributed by atoms with van der Waals surface area (Å²) in [6.45, 7) is 4.43. The average Bonchev–Trinajstić information content (AvgIpc) is 3.52. The van der Waals surface area contributed by atoms with Crippen LogP contribution in [0.3, 0.4) is 0 Å². The second kappa shape index (κ2) is 7.82. The molecule has 1 aromatic carbocycles. The lowest BCUT2D eigenvalue weighted by atomic mass is 9.96. The summed E-state index contributed by atoms with van der Waals surface area (Å²) in [5.41, 5.74) is 3.60. The Morgan fingerprint density at radius 1 is 1.22 bits per heavy atom. The minimum Gasteiger partial charge on any atom is -0.396 e. The molecule has 1 saturated carbocycles. The first-order valence-electron chi connectivity index (χ1n) is 9.92. The highest BCUT2D eigenvalue weighted by Gasteiger charge is 2.28. The third-order valence-electron chi connectivity index (χ3n) is 5.36. The van der Waals surface area contributed by atoms with Gasteiger partial charge >= 0.3 is 0 Å². The zero-order valence-electron chi connectivity index (χ0n) is 15.9. The van der Waals surface area contributed by atoms with E-state index in [-0.39, 0.29) is 6.61 Å². The zero-order chi connectivity index (χ0) is 18.8. The highest BCUT2D eigenvalue weighted by atomic mass is 16.3. The number of aliphatic hydroxyl groups is 2. The van der Waals surface area contributed by atoms with E-state index < -0.39 is 6.10 Å². The Morgan fingerprint density at radius 3 is 2.81 bits per heavy atom. The van der Waals surface area contributed by atoms with Gasteiger partial charge in [0.15, 0.2) is 0 Å². The Balaban J connectivity index is 1.55. The molecule has 144 valence electrons. The third kappa shape index (κ3) is 4.22. The van der Waals surface area contributed by atoms with Crippen molar-refractivity contribution in [1.82, 2.24) is 9.97 Å². The molecule has 0 radical (unpaired) electrons. The molecule has 2 aromatic rings. The normalized spacial score (nSPS) is 17.5. The van der Waals surface area contributed by atoms with E-state index >= 15 is 0 Å². The van der Waals surface area contributed by atoms with Crippen LogP contribution in [-0.2, 0) is 13.0 Å². The SMILES string of the molecule is C[C@H](O)c1ccc2c(c1)CCN(c1cc(NCCCO)nc(C3CC3)n1)C2. The van der Waals surface area contributed by atoms with E-state index in [0.717, 1.165) is 42.5 Å². The highest BCUT2D eigenvalue weighted by molar-refractivity contribution is 5.52. The molecule has 1 aromatic heterocycles. The molecule has 0 bridgehead atoms. The van der Waals surface area contributed by atoms with Crippen molar-refractivity contribution in [2.45, 2.75) is 51.2 Å². The van der Waals surface area contributed by atoms with Crippen molar-refractivity contribution in [3.63, 3.8) is 0 Å². The van der Waals surface area contributed by atoms with Crippen molar-refractivity contribution in [2.75, 3.05) is 29.9 Å². The fraction of sp³-hybridized carbons (Fsp3) is 0.524. The summed E-state index contributed by atoms with van der Waals surface area (Å²) in [6, 6.07) is 8.31. The number of rotatable bonds is 7. The Bertz CT molecular complexity index is 805. The number of aliphatic hydroxyl groups excluding tert-OH is 2. The van der Waals surface area contributed by atoms with E-state index in [4.69, 9.17) is 10.1 Å². The Morgan fingerprint density at radius 2 is 2.07 bits per heavy atom. The number of nitrogens with one attached hydrogen (secondary N) is 1. The first-order chi connectivity index (χ1) is 13.1. The first-order valence-corrected chi connectivity index (χ1v) is 9.92. The molecule has 1 fully saturated rings. The third-order valence-corrected chi connectivity index (χ3v) is 5.36. The fourth-order valence-electron chi connectivity index (χ4n) is 3.55. The maximum Gasteiger partial charge on any atom is 0.136 e. The van der Waals surface area contributed by atoms with Crippen LogP contribution < -0.4 is 10.2 Å². The zero-order valence-corrected chi connectivity index (χ0v) is 15.9. The molecule has 0 amide bonds. The molecule has 0 unspecified atom stereocenters. The van der Waals surface area contributed by atoms with Gasteiger partial charge in [-0.2, -0.15) is 0 Å². The summed E-state index contributed by atoms with van der Waals surface area (Å²) in [5.74, 6) is 3.26. The van der Waals surface area contributed by atoms with Crippen LogP contribution in [0.5, 0.6) is 0 Å². The van der Waals surface area contributed by atoms with Gasteiger partial charge in [-0.1, -0.05) is 18.2 Å². The van der Waals surface area contributed by atoms with Crippen molar-refractivity contribution < 1.29 is 10.2 Å². The predicted octanol–water partition coefficient (Wildman–Crippen LogP) is 2.76. The maximum atomic E-state index is 9.81. The van der Waals surface area contributed by atoms with Gasteiger partial charge < -0.3 is 20.4 Å². The number of aromatic nitrogens is 2. The molecule has 27 heavy (non-hydrogen) atoms. The topological polar surface area (TPSA) is 81.5 Å². The highest BCUT2D eigenvalue weighted by Crippen LogP contribution is 2.39. The van der Waals surface area contributed by atoms with E-state index in [1.807, 2.05) is 19.1 Å². The molecule has 4 rings (SSSR count). The minimum absolute atomic E-state index is 0.178. The van der Waals surface area contributed by atoms with Gasteiger partial charge in [0.1, 0.15) is 17.5 Å². The van der Waals surface area contributed by atoms with Gasteiger partial charge in [0.25, 0.3) is 0 Å². The van der Waals surface area contributed by atoms with Crippen LogP contribution in [0.2, 0.25) is 0 Å². The van der Waals surface area contributed by atoms with Gasteiger partial charge in [-0.05, 0) is 49.3 Å². The van der Waals surface area contributed by atoms with Gasteiger partial charge in [0, 0.05) is 38.2 Å². The van der Waals surface area contributed by atoms with Gasteiger partial charge in [-0.3, -0.25) is 0 Å². The molecule has 2 aliphatic rings. The second-order valence-electron chi connectivity index (χ2n) is 7.62. The number of benzene rings is 1. The summed E-state index contributed by atoms with van der Waals surface area (Å²) in [6.07, 6.45) is 3.57. The Hall–Kier alpha value is -2.18. The second-order valence-corrected chi connectivity index (χ2v) is 7.62. The van der Waals surface area contributed by atoms with Crippen LogP contribution in [0.15, 0.2) is 24.3 Å². The molecule has 1 aliphatic heterocycles. The van der Waals surface area contributed by atoms with Crippen molar-refractivity contribution in [3.8, 4) is 0 Å². The summed E-state index contributed by atoms with van der Waals surface area (Å²) in [5, 5.41) is 22.1. The van der Waals surface area contributed by atoms with E-state index in [1.165, 1.54) is 24.0 Å². The summed E-state index contributed by atoms with van der Waals surface area (Å²) in [4.78, 5) is 11.8.